The minimum absolute atomic E-state index is 0.0181. The molecule has 100 valence electrons. The van der Waals surface area contributed by atoms with Crippen molar-refractivity contribution in [3.8, 4) is 0 Å². The van der Waals surface area contributed by atoms with Crippen molar-refractivity contribution in [3.05, 3.63) is 63.6 Å². The molecule has 19 heavy (non-hydrogen) atoms. The molecule has 0 aliphatic rings. The molecule has 0 saturated heterocycles. The zero-order valence-corrected chi connectivity index (χ0v) is 11.3. The summed E-state index contributed by atoms with van der Waals surface area (Å²) in [7, 11) is 0. The number of halogens is 4. The van der Waals surface area contributed by atoms with Crippen LogP contribution in [-0.2, 0) is 6.54 Å². The van der Waals surface area contributed by atoms with Gasteiger partial charge in [0, 0.05) is 17.1 Å². The maximum Gasteiger partial charge on any atom is 0.263 e. The van der Waals surface area contributed by atoms with Crippen molar-refractivity contribution in [2.75, 3.05) is 5.32 Å². The van der Waals surface area contributed by atoms with Crippen LogP contribution in [0.5, 0.6) is 0 Å². The maximum absolute atomic E-state index is 12.4. The molecule has 0 aromatic heterocycles. The van der Waals surface area contributed by atoms with E-state index in [4.69, 9.17) is 23.2 Å². The molecule has 0 aliphatic carbocycles. The van der Waals surface area contributed by atoms with Gasteiger partial charge >= 0.3 is 0 Å². The van der Waals surface area contributed by atoms with E-state index >= 15 is 0 Å². The molecule has 1 N–H and O–H groups in total. The van der Waals surface area contributed by atoms with Crippen LogP contribution in [0.1, 0.15) is 17.6 Å². The molecule has 0 bridgehead atoms. The number of hydrogen-bond acceptors (Lipinski definition) is 1. The average molecular weight is 302 g/mol. The second kappa shape index (κ2) is 6.22. The predicted octanol–water partition coefficient (Wildman–Crippen LogP) is 5.54. The molecule has 1 nitrogen and oxygen atoms in total. The Bertz CT molecular complexity index is 556. The Balaban J connectivity index is 2.04. The molecule has 2 rings (SSSR count). The summed E-state index contributed by atoms with van der Waals surface area (Å²) in [5, 5.41) is 4.26. The van der Waals surface area contributed by atoms with Crippen LogP contribution in [0, 0.1) is 0 Å². The minimum Gasteiger partial charge on any atom is -0.380 e. The van der Waals surface area contributed by atoms with E-state index in [-0.39, 0.29) is 5.56 Å². The molecule has 0 radical (unpaired) electrons. The lowest BCUT2D eigenvalue weighted by atomic mass is 10.1. The zero-order valence-electron chi connectivity index (χ0n) is 9.84. The van der Waals surface area contributed by atoms with Crippen LogP contribution in [0.25, 0.3) is 0 Å². The maximum atomic E-state index is 12.4. The molecule has 5 heteroatoms. The normalized spacial score (nSPS) is 10.8. The summed E-state index contributed by atoms with van der Waals surface area (Å²) in [5.74, 6) is 0. The van der Waals surface area contributed by atoms with Gasteiger partial charge < -0.3 is 5.32 Å². The van der Waals surface area contributed by atoms with E-state index in [0.717, 1.165) is 5.56 Å². The summed E-state index contributed by atoms with van der Waals surface area (Å²) in [5.41, 5.74) is 1.62. The molecule has 0 atom stereocenters. The molecule has 0 spiro atoms. The summed E-state index contributed by atoms with van der Waals surface area (Å²) >= 11 is 11.9. The first-order valence-electron chi connectivity index (χ1n) is 5.62. The Labute approximate surface area is 120 Å². The predicted molar refractivity (Wildman–Crippen MR) is 75.2 cm³/mol. The van der Waals surface area contributed by atoms with Gasteiger partial charge in [-0.1, -0.05) is 47.5 Å². The highest BCUT2D eigenvalue weighted by Gasteiger charge is 2.06. The fourth-order valence-corrected chi connectivity index (χ4v) is 1.97. The molecule has 0 heterocycles. The van der Waals surface area contributed by atoms with Crippen molar-refractivity contribution in [2.24, 2.45) is 0 Å². The van der Waals surface area contributed by atoms with E-state index in [1.807, 2.05) is 0 Å². The fourth-order valence-electron chi connectivity index (χ4n) is 1.61. The van der Waals surface area contributed by atoms with Gasteiger partial charge in [-0.3, -0.25) is 0 Å². The van der Waals surface area contributed by atoms with Gasteiger partial charge in [0.2, 0.25) is 0 Å². The highest BCUT2D eigenvalue weighted by Crippen LogP contribution is 2.26. The summed E-state index contributed by atoms with van der Waals surface area (Å²) in [4.78, 5) is 0. The average Bonchev–Trinajstić information content (AvgIpc) is 2.40. The Morgan fingerprint density at radius 2 is 1.68 bits per heavy atom. The summed E-state index contributed by atoms with van der Waals surface area (Å²) in [6.45, 7) is 0.490. The second-order valence-corrected chi connectivity index (χ2v) is 4.86. The van der Waals surface area contributed by atoms with E-state index in [0.29, 0.717) is 22.3 Å². The smallest absolute Gasteiger partial charge is 0.263 e. The van der Waals surface area contributed by atoms with Gasteiger partial charge in [-0.05, 0) is 23.8 Å². The molecular formula is C14H11Cl2F2N. The number of hydrogen-bond donors (Lipinski definition) is 1. The van der Waals surface area contributed by atoms with Crippen molar-refractivity contribution in [3.63, 3.8) is 0 Å². The van der Waals surface area contributed by atoms with Gasteiger partial charge in [-0.15, -0.1) is 0 Å². The van der Waals surface area contributed by atoms with E-state index in [9.17, 15) is 8.78 Å². The van der Waals surface area contributed by atoms with Gasteiger partial charge in [0.1, 0.15) is 0 Å². The quantitative estimate of drug-likeness (QED) is 0.781. The van der Waals surface area contributed by atoms with Crippen LogP contribution in [-0.4, -0.2) is 0 Å². The Morgan fingerprint density at radius 3 is 2.32 bits per heavy atom. The zero-order chi connectivity index (χ0) is 13.8. The highest BCUT2D eigenvalue weighted by molar-refractivity contribution is 6.35. The summed E-state index contributed by atoms with van der Waals surface area (Å²) in [6, 6.07) is 11.3. The third-order valence-electron chi connectivity index (χ3n) is 2.64. The van der Waals surface area contributed by atoms with Crippen LogP contribution >= 0.6 is 23.2 Å². The van der Waals surface area contributed by atoms with Crippen molar-refractivity contribution in [1.29, 1.82) is 0 Å². The Hall–Kier alpha value is -1.32. The highest BCUT2D eigenvalue weighted by atomic mass is 35.5. The lowest BCUT2D eigenvalue weighted by Gasteiger charge is -2.09. The van der Waals surface area contributed by atoms with Crippen molar-refractivity contribution < 1.29 is 8.78 Å². The first kappa shape index (κ1) is 14.1. The number of nitrogens with one attached hydrogen (secondary N) is 1. The fraction of sp³-hybridized carbons (Fsp3) is 0.143. The number of rotatable bonds is 4. The molecule has 0 aliphatic heterocycles. The third kappa shape index (κ3) is 3.82. The van der Waals surface area contributed by atoms with Crippen LogP contribution < -0.4 is 5.32 Å². The third-order valence-corrected chi connectivity index (χ3v) is 3.21. The van der Waals surface area contributed by atoms with Crippen LogP contribution in [0.3, 0.4) is 0 Å². The molecule has 0 saturated carbocycles. The first-order valence-corrected chi connectivity index (χ1v) is 6.38. The van der Waals surface area contributed by atoms with E-state index in [2.05, 4.69) is 5.32 Å². The van der Waals surface area contributed by atoms with E-state index < -0.39 is 6.43 Å². The van der Waals surface area contributed by atoms with Gasteiger partial charge in [-0.25, -0.2) is 8.78 Å². The monoisotopic (exact) mass is 301 g/mol. The SMILES string of the molecule is FC(F)c1ccc(CNc2cc(Cl)ccc2Cl)cc1. The van der Waals surface area contributed by atoms with Gasteiger partial charge in [0.15, 0.2) is 0 Å². The molecular weight excluding hydrogens is 291 g/mol. The Morgan fingerprint density at radius 1 is 1.00 bits per heavy atom. The van der Waals surface area contributed by atoms with Crippen molar-refractivity contribution >= 4 is 28.9 Å². The van der Waals surface area contributed by atoms with Crippen LogP contribution in [0.15, 0.2) is 42.5 Å². The second-order valence-electron chi connectivity index (χ2n) is 4.02. The van der Waals surface area contributed by atoms with Crippen molar-refractivity contribution in [2.45, 2.75) is 13.0 Å². The molecule has 0 fully saturated rings. The number of benzene rings is 2. The first-order chi connectivity index (χ1) is 9.06. The van der Waals surface area contributed by atoms with Crippen LogP contribution in [0.4, 0.5) is 14.5 Å². The lowest BCUT2D eigenvalue weighted by Crippen LogP contribution is -2.00. The largest absolute Gasteiger partial charge is 0.380 e. The molecule has 0 amide bonds. The van der Waals surface area contributed by atoms with Gasteiger partial charge in [0.05, 0.1) is 10.7 Å². The van der Waals surface area contributed by atoms with E-state index in [1.165, 1.54) is 12.1 Å². The molecule has 0 unspecified atom stereocenters. The summed E-state index contributed by atoms with van der Waals surface area (Å²) in [6.07, 6.45) is -2.44. The van der Waals surface area contributed by atoms with Crippen molar-refractivity contribution in [1.82, 2.24) is 0 Å². The molecule has 2 aromatic carbocycles. The van der Waals surface area contributed by atoms with Gasteiger partial charge in [-0.2, -0.15) is 0 Å². The standard InChI is InChI=1S/C14H11Cl2F2N/c15-11-5-6-12(16)13(7-11)19-8-9-1-3-10(4-2-9)14(17)18/h1-7,14,19H,8H2. The Kier molecular flexibility index (Phi) is 4.61. The number of alkyl halides is 2. The van der Waals surface area contributed by atoms with Gasteiger partial charge in [0.25, 0.3) is 6.43 Å². The van der Waals surface area contributed by atoms with Crippen LogP contribution in [0.2, 0.25) is 10.0 Å². The van der Waals surface area contributed by atoms with E-state index in [1.54, 1.807) is 30.3 Å². The minimum atomic E-state index is -2.44. The molecule has 2 aromatic rings. The number of anilines is 1. The topological polar surface area (TPSA) is 12.0 Å². The summed E-state index contributed by atoms with van der Waals surface area (Å²) < 4.78 is 24.8. The lowest BCUT2D eigenvalue weighted by molar-refractivity contribution is 0.151.